The first-order chi connectivity index (χ1) is 15.6. The number of hydrogen-bond acceptors (Lipinski definition) is 6. The third-order valence-corrected chi connectivity index (χ3v) is 5.38. The highest BCUT2D eigenvalue weighted by molar-refractivity contribution is 6.30. The van der Waals surface area contributed by atoms with Crippen LogP contribution in [-0.4, -0.2) is 32.6 Å². The number of ether oxygens (including phenoxy) is 1. The molecule has 0 aliphatic rings. The van der Waals surface area contributed by atoms with Crippen molar-refractivity contribution in [1.82, 2.24) is 19.7 Å². The third-order valence-electron chi connectivity index (χ3n) is 5.13. The molecule has 0 bridgehead atoms. The molecule has 0 fully saturated rings. The normalized spacial score (nSPS) is 11.1. The fourth-order valence-electron chi connectivity index (χ4n) is 3.55. The molecule has 0 aliphatic heterocycles. The number of oxazole rings is 1. The molecule has 5 rings (SSSR count). The molecule has 0 unspecified atom stereocenters. The number of carbonyl (C=O) groups is 1. The molecule has 0 radical (unpaired) electrons. The minimum atomic E-state index is -0.253. The molecule has 3 aromatic heterocycles. The Balaban J connectivity index is 1.56. The lowest BCUT2D eigenvalue weighted by Crippen LogP contribution is -2.02. The van der Waals surface area contributed by atoms with Gasteiger partial charge in [-0.15, -0.1) is 5.10 Å². The molecular weight excluding hydrogens is 428 g/mol. The lowest BCUT2D eigenvalue weighted by Gasteiger charge is -2.06. The number of nitrogens with zero attached hydrogens (tertiary/aromatic N) is 4. The molecule has 158 valence electrons. The zero-order chi connectivity index (χ0) is 22.1. The summed E-state index contributed by atoms with van der Waals surface area (Å²) >= 11 is 6.01. The van der Waals surface area contributed by atoms with E-state index in [-0.39, 0.29) is 17.4 Å². The zero-order valence-electron chi connectivity index (χ0n) is 17.0. The van der Waals surface area contributed by atoms with Gasteiger partial charge in [-0.3, -0.25) is 4.79 Å². The number of benzene rings is 2. The first kappa shape index (κ1) is 20.0. The van der Waals surface area contributed by atoms with E-state index in [4.69, 9.17) is 20.8 Å². The number of halogens is 1. The first-order valence-electron chi connectivity index (χ1n) is 9.82. The molecule has 7 nitrogen and oxygen atoms in total. The summed E-state index contributed by atoms with van der Waals surface area (Å²) in [5.74, 6) is 0.650. The van der Waals surface area contributed by atoms with E-state index >= 15 is 0 Å². The molecule has 0 N–H and O–H groups in total. The van der Waals surface area contributed by atoms with Crippen molar-refractivity contribution in [3.05, 3.63) is 95.1 Å². The van der Waals surface area contributed by atoms with Crippen molar-refractivity contribution in [2.75, 3.05) is 7.11 Å². The van der Waals surface area contributed by atoms with Crippen LogP contribution >= 0.6 is 11.6 Å². The van der Waals surface area contributed by atoms with Gasteiger partial charge in [0, 0.05) is 40.4 Å². The molecule has 0 saturated heterocycles. The second-order valence-electron chi connectivity index (χ2n) is 7.16. The van der Waals surface area contributed by atoms with Crippen LogP contribution in [0.3, 0.4) is 0 Å². The number of aromatic nitrogens is 4. The van der Waals surface area contributed by atoms with Crippen molar-refractivity contribution < 1.29 is 13.9 Å². The SMILES string of the molecule is COc1ccc2c(c1)c(C(=O)c1coc(-c3cccnn3)n1)cn2Cc1ccc(Cl)cc1. The predicted molar refractivity (Wildman–Crippen MR) is 120 cm³/mol. The van der Waals surface area contributed by atoms with E-state index in [2.05, 4.69) is 15.2 Å². The van der Waals surface area contributed by atoms with Crippen molar-refractivity contribution in [1.29, 1.82) is 0 Å². The van der Waals surface area contributed by atoms with Gasteiger partial charge in [0.25, 0.3) is 0 Å². The molecule has 3 heterocycles. The molecule has 0 spiro atoms. The van der Waals surface area contributed by atoms with Crippen LogP contribution in [0.25, 0.3) is 22.5 Å². The Kier molecular flexibility index (Phi) is 5.17. The second-order valence-corrected chi connectivity index (χ2v) is 7.59. The highest BCUT2D eigenvalue weighted by atomic mass is 35.5. The van der Waals surface area contributed by atoms with Gasteiger partial charge < -0.3 is 13.7 Å². The molecule has 32 heavy (non-hydrogen) atoms. The van der Waals surface area contributed by atoms with E-state index in [0.29, 0.717) is 28.6 Å². The van der Waals surface area contributed by atoms with E-state index in [1.165, 1.54) is 6.26 Å². The Hall–Kier alpha value is -3.97. The summed E-state index contributed by atoms with van der Waals surface area (Å²) in [6.07, 6.45) is 4.73. The number of carbonyl (C=O) groups excluding carboxylic acids is 1. The van der Waals surface area contributed by atoms with Crippen LogP contribution in [0.2, 0.25) is 5.02 Å². The summed E-state index contributed by atoms with van der Waals surface area (Å²) in [6, 6.07) is 16.7. The van der Waals surface area contributed by atoms with Crippen molar-refractivity contribution in [2.45, 2.75) is 6.54 Å². The first-order valence-corrected chi connectivity index (χ1v) is 10.2. The van der Waals surface area contributed by atoms with Gasteiger partial charge in [0.15, 0.2) is 5.69 Å². The zero-order valence-corrected chi connectivity index (χ0v) is 17.8. The Bertz CT molecular complexity index is 1410. The van der Waals surface area contributed by atoms with E-state index in [1.54, 1.807) is 25.4 Å². The molecule has 0 amide bonds. The van der Waals surface area contributed by atoms with Gasteiger partial charge in [0.2, 0.25) is 11.7 Å². The molecule has 2 aromatic carbocycles. The minimum absolute atomic E-state index is 0.194. The highest BCUT2D eigenvalue weighted by Crippen LogP contribution is 2.29. The van der Waals surface area contributed by atoms with E-state index < -0.39 is 0 Å². The molecular formula is C24H17ClN4O3. The summed E-state index contributed by atoms with van der Waals surface area (Å²) in [5.41, 5.74) is 3.12. The van der Waals surface area contributed by atoms with Crippen LogP contribution in [-0.2, 0) is 6.54 Å². The Morgan fingerprint density at radius 3 is 2.75 bits per heavy atom. The quantitative estimate of drug-likeness (QED) is 0.342. The smallest absolute Gasteiger partial charge is 0.247 e. The van der Waals surface area contributed by atoms with Crippen LogP contribution in [0.5, 0.6) is 5.75 Å². The molecule has 0 atom stereocenters. The van der Waals surface area contributed by atoms with Crippen LogP contribution in [0.1, 0.15) is 21.6 Å². The van der Waals surface area contributed by atoms with Crippen molar-refractivity contribution >= 4 is 28.3 Å². The largest absolute Gasteiger partial charge is 0.497 e. The number of rotatable bonds is 6. The molecule has 5 aromatic rings. The predicted octanol–water partition coefficient (Wildman–Crippen LogP) is 5.03. The van der Waals surface area contributed by atoms with Gasteiger partial charge in [-0.25, -0.2) is 4.98 Å². The maximum absolute atomic E-state index is 13.4. The average Bonchev–Trinajstić information content (AvgIpc) is 3.46. The topological polar surface area (TPSA) is 83.0 Å². The van der Waals surface area contributed by atoms with Gasteiger partial charge in [-0.1, -0.05) is 23.7 Å². The van der Waals surface area contributed by atoms with Gasteiger partial charge in [-0.2, -0.15) is 5.10 Å². The summed E-state index contributed by atoms with van der Waals surface area (Å²) in [5, 5.41) is 9.25. The maximum Gasteiger partial charge on any atom is 0.247 e. The molecule has 0 saturated carbocycles. The fraction of sp³-hybridized carbons (Fsp3) is 0.0833. The van der Waals surface area contributed by atoms with Crippen molar-refractivity contribution in [3.8, 4) is 17.3 Å². The van der Waals surface area contributed by atoms with Gasteiger partial charge in [0.1, 0.15) is 17.7 Å². The lowest BCUT2D eigenvalue weighted by atomic mass is 10.1. The van der Waals surface area contributed by atoms with Gasteiger partial charge in [0.05, 0.1) is 7.11 Å². The highest BCUT2D eigenvalue weighted by Gasteiger charge is 2.21. The van der Waals surface area contributed by atoms with Crippen LogP contribution in [0, 0.1) is 0 Å². The summed E-state index contributed by atoms with van der Waals surface area (Å²) < 4.78 is 12.9. The standard InChI is InChI=1S/C24H17ClN4O3/c1-31-17-8-9-22-18(11-17)19(13-29(22)12-15-4-6-16(25)7-5-15)23(30)21-14-32-24(27-21)20-3-2-10-26-28-20/h2-11,13-14H,12H2,1H3. The summed E-state index contributed by atoms with van der Waals surface area (Å²) in [4.78, 5) is 17.7. The van der Waals surface area contributed by atoms with E-state index in [1.807, 2.05) is 53.2 Å². The number of methoxy groups -OCH3 is 1. The van der Waals surface area contributed by atoms with Crippen LogP contribution < -0.4 is 4.74 Å². The van der Waals surface area contributed by atoms with Crippen molar-refractivity contribution in [3.63, 3.8) is 0 Å². The maximum atomic E-state index is 13.4. The van der Waals surface area contributed by atoms with Gasteiger partial charge in [-0.05, 0) is 48.0 Å². The number of hydrogen-bond donors (Lipinski definition) is 0. The fourth-order valence-corrected chi connectivity index (χ4v) is 3.68. The lowest BCUT2D eigenvalue weighted by molar-refractivity contribution is 0.103. The summed E-state index contributed by atoms with van der Waals surface area (Å²) in [6.45, 7) is 0.580. The third kappa shape index (κ3) is 3.74. The van der Waals surface area contributed by atoms with Crippen LogP contribution in [0.15, 0.2) is 77.7 Å². The van der Waals surface area contributed by atoms with Gasteiger partial charge >= 0.3 is 0 Å². The average molecular weight is 445 g/mol. The minimum Gasteiger partial charge on any atom is -0.497 e. The monoisotopic (exact) mass is 444 g/mol. The number of ketones is 1. The Morgan fingerprint density at radius 1 is 1.16 bits per heavy atom. The van der Waals surface area contributed by atoms with E-state index in [9.17, 15) is 4.79 Å². The Labute approximate surface area is 188 Å². The number of fused-ring (bicyclic) bond motifs is 1. The molecule has 8 heteroatoms. The van der Waals surface area contributed by atoms with E-state index in [0.717, 1.165) is 16.5 Å². The van der Waals surface area contributed by atoms with Crippen LogP contribution in [0.4, 0.5) is 0 Å². The summed E-state index contributed by atoms with van der Waals surface area (Å²) in [7, 11) is 1.60. The second kappa shape index (κ2) is 8.28. The Morgan fingerprint density at radius 2 is 2.00 bits per heavy atom. The van der Waals surface area contributed by atoms with Crippen molar-refractivity contribution in [2.24, 2.45) is 0 Å². The molecule has 0 aliphatic carbocycles.